The minimum atomic E-state index is -1.10. The molecule has 0 saturated heterocycles. The lowest BCUT2D eigenvalue weighted by Crippen LogP contribution is -1.92. The van der Waals surface area contributed by atoms with Crippen molar-refractivity contribution in [1.82, 2.24) is 5.16 Å². The van der Waals surface area contributed by atoms with E-state index in [0.29, 0.717) is 12.1 Å². The maximum absolute atomic E-state index is 13.4. The number of hydrogen-bond donors (Lipinski definition) is 0. The van der Waals surface area contributed by atoms with Crippen LogP contribution in [0, 0.1) is 17.5 Å². The number of benzene rings is 1. The molecule has 2 rings (SSSR count). The minimum Gasteiger partial charge on any atom is -0.347 e. The second kappa shape index (κ2) is 4.10. The molecule has 2 nitrogen and oxygen atoms in total. The van der Waals surface area contributed by atoms with E-state index in [9.17, 15) is 13.2 Å². The molecular weight excluding hydrogens is 310 g/mol. The molecule has 16 heavy (non-hydrogen) atoms. The second-order valence-electron chi connectivity index (χ2n) is 2.86. The molecule has 84 valence electrons. The van der Waals surface area contributed by atoms with Gasteiger partial charge < -0.3 is 4.52 Å². The third kappa shape index (κ3) is 1.82. The van der Waals surface area contributed by atoms with Crippen LogP contribution in [-0.2, 0) is 0 Å². The summed E-state index contributed by atoms with van der Waals surface area (Å²) < 4.78 is 44.0. The lowest BCUT2D eigenvalue weighted by Gasteiger charge is -2.01. The van der Waals surface area contributed by atoms with Crippen molar-refractivity contribution in [3.8, 4) is 11.3 Å². The molecule has 0 aliphatic rings. The van der Waals surface area contributed by atoms with E-state index >= 15 is 0 Å². The normalized spacial score (nSPS) is 10.8. The third-order valence-corrected chi connectivity index (χ3v) is 2.96. The Hall–Kier alpha value is -1.01. The molecule has 0 aliphatic heterocycles. The van der Waals surface area contributed by atoms with Gasteiger partial charge in [0.25, 0.3) is 0 Å². The van der Waals surface area contributed by atoms with E-state index in [-0.39, 0.29) is 15.4 Å². The Morgan fingerprint density at radius 3 is 2.19 bits per heavy atom. The molecule has 0 radical (unpaired) electrons. The quantitative estimate of drug-likeness (QED) is 0.789. The van der Waals surface area contributed by atoms with Crippen LogP contribution in [-0.4, -0.2) is 5.16 Å². The Balaban J connectivity index is 2.69. The minimum absolute atomic E-state index is 0.0484. The number of aromatic nitrogens is 1. The van der Waals surface area contributed by atoms with Crippen LogP contribution < -0.4 is 0 Å². The predicted octanol–water partition coefficient (Wildman–Crippen LogP) is 4.17. The Morgan fingerprint density at radius 2 is 1.75 bits per heavy atom. The van der Waals surface area contributed by atoms with Gasteiger partial charge in [0, 0.05) is 12.1 Å². The first-order chi connectivity index (χ1) is 7.50. The van der Waals surface area contributed by atoms with E-state index < -0.39 is 23.0 Å². The maximum atomic E-state index is 13.4. The van der Waals surface area contributed by atoms with Gasteiger partial charge in [-0.1, -0.05) is 16.8 Å². The highest BCUT2D eigenvalue weighted by molar-refractivity contribution is 9.10. The Bertz CT molecular complexity index is 535. The fraction of sp³-hybridized carbons (Fsp3) is 0. The summed E-state index contributed by atoms with van der Waals surface area (Å²) in [6.07, 6.45) is 0. The summed E-state index contributed by atoms with van der Waals surface area (Å²) in [4.78, 5) is 0. The molecule has 0 bridgehead atoms. The molecule has 0 N–H and O–H groups in total. The molecular formula is C9H2BrClF3NO. The van der Waals surface area contributed by atoms with Crippen molar-refractivity contribution in [3.63, 3.8) is 0 Å². The van der Waals surface area contributed by atoms with Gasteiger partial charge in [-0.2, -0.15) is 0 Å². The molecule has 0 atom stereocenters. The molecule has 0 saturated carbocycles. The zero-order chi connectivity index (χ0) is 11.9. The maximum Gasteiger partial charge on any atom is 0.221 e. The Kier molecular flexibility index (Phi) is 2.94. The van der Waals surface area contributed by atoms with Gasteiger partial charge in [-0.3, -0.25) is 0 Å². The highest BCUT2D eigenvalue weighted by Gasteiger charge is 2.21. The molecule has 7 heteroatoms. The van der Waals surface area contributed by atoms with Crippen LogP contribution in [0.4, 0.5) is 13.2 Å². The van der Waals surface area contributed by atoms with E-state index in [0.717, 1.165) is 0 Å². The van der Waals surface area contributed by atoms with Gasteiger partial charge in [0.2, 0.25) is 4.67 Å². The highest BCUT2D eigenvalue weighted by Crippen LogP contribution is 2.36. The van der Waals surface area contributed by atoms with Crippen LogP contribution in [0.2, 0.25) is 5.02 Å². The molecule has 0 fully saturated rings. The van der Waals surface area contributed by atoms with E-state index in [1.807, 2.05) is 0 Å². The summed E-state index contributed by atoms with van der Waals surface area (Å²) in [6, 6.07) is 1.08. The highest BCUT2D eigenvalue weighted by atomic mass is 79.9. The first-order valence-corrected chi connectivity index (χ1v) is 5.13. The zero-order valence-electron chi connectivity index (χ0n) is 7.40. The molecule has 1 aromatic carbocycles. The van der Waals surface area contributed by atoms with E-state index in [2.05, 4.69) is 25.6 Å². The van der Waals surface area contributed by atoms with Crippen molar-refractivity contribution in [2.45, 2.75) is 0 Å². The third-order valence-electron chi connectivity index (χ3n) is 1.84. The van der Waals surface area contributed by atoms with Gasteiger partial charge in [-0.05, 0) is 15.9 Å². The SMILES string of the molecule is Fc1cc(F)c(-c2noc(Br)c2Cl)c(F)c1. The number of halogens is 5. The van der Waals surface area contributed by atoms with Crippen molar-refractivity contribution < 1.29 is 17.7 Å². The topological polar surface area (TPSA) is 26.0 Å². The summed E-state index contributed by atoms with van der Waals surface area (Å²) >= 11 is 8.59. The van der Waals surface area contributed by atoms with Gasteiger partial charge in [0.05, 0.1) is 5.56 Å². The zero-order valence-corrected chi connectivity index (χ0v) is 9.74. The largest absolute Gasteiger partial charge is 0.347 e. The van der Waals surface area contributed by atoms with Crippen LogP contribution in [0.1, 0.15) is 0 Å². The summed E-state index contributed by atoms with van der Waals surface area (Å²) in [6.45, 7) is 0. The van der Waals surface area contributed by atoms with Crippen molar-refractivity contribution in [3.05, 3.63) is 39.3 Å². The van der Waals surface area contributed by atoms with Crippen LogP contribution in [0.25, 0.3) is 11.3 Å². The van der Waals surface area contributed by atoms with Crippen molar-refractivity contribution >= 4 is 27.5 Å². The fourth-order valence-electron chi connectivity index (χ4n) is 1.18. The van der Waals surface area contributed by atoms with Crippen molar-refractivity contribution in [1.29, 1.82) is 0 Å². The predicted molar refractivity (Wildman–Crippen MR) is 54.5 cm³/mol. The van der Waals surface area contributed by atoms with Crippen LogP contribution in [0.5, 0.6) is 0 Å². The summed E-state index contributed by atoms with van der Waals surface area (Å²) in [7, 11) is 0. The van der Waals surface area contributed by atoms with Gasteiger partial charge in [-0.25, -0.2) is 13.2 Å². The summed E-state index contributed by atoms with van der Waals surface area (Å²) in [5.74, 6) is -3.21. The first kappa shape index (κ1) is 11.5. The van der Waals surface area contributed by atoms with E-state index in [1.165, 1.54) is 0 Å². The molecule has 1 heterocycles. The van der Waals surface area contributed by atoms with Crippen molar-refractivity contribution in [2.24, 2.45) is 0 Å². The molecule has 0 spiro atoms. The van der Waals surface area contributed by atoms with Crippen LogP contribution in [0.15, 0.2) is 21.3 Å². The Morgan fingerprint density at radius 1 is 1.19 bits per heavy atom. The van der Waals surface area contributed by atoms with Gasteiger partial charge in [-0.15, -0.1) is 0 Å². The monoisotopic (exact) mass is 311 g/mol. The average molecular weight is 312 g/mol. The van der Waals surface area contributed by atoms with Gasteiger partial charge in [0.15, 0.2) is 0 Å². The molecule has 1 aromatic heterocycles. The number of nitrogens with zero attached hydrogens (tertiary/aromatic N) is 1. The molecule has 0 unspecified atom stereocenters. The van der Waals surface area contributed by atoms with Crippen LogP contribution in [0.3, 0.4) is 0 Å². The molecule has 0 aliphatic carbocycles. The lowest BCUT2D eigenvalue weighted by atomic mass is 10.1. The standard InChI is InChI=1S/C9H2BrClF3NO/c10-9-7(11)8(15-16-9)6-4(13)1-3(12)2-5(6)14/h1-2H. The number of hydrogen-bond acceptors (Lipinski definition) is 2. The van der Waals surface area contributed by atoms with E-state index in [1.54, 1.807) is 0 Å². The summed E-state index contributed by atoms with van der Waals surface area (Å²) in [5, 5.41) is 3.30. The van der Waals surface area contributed by atoms with E-state index in [4.69, 9.17) is 11.6 Å². The molecule has 2 aromatic rings. The second-order valence-corrected chi connectivity index (χ2v) is 3.96. The lowest BCUT2D eigenvalue weighted by molar-refractivity contribution is 0.401. The summed E-state index contributed by atoms with van der Waals surface area (Å²) in [5.41, 5.74) is -0.746. The first-order valence-electron chi connectivity index (χ1n) is 3.96. The smallest absolute Gasteiger partial charge is 0.221 e. The Labute approximate surface area is 101 Å². The van der Waals surface area contributed by atoms with Crippen molar-refractivity contribution in [2.75, 3.05) is 0 Å². The van der Waals surface area contributed by atoms with Gasteiger partial charge in [0.1, 0.15) is 28.2 Å². The molecule has 0 amide bonds. The number of rotatable bonds is 1. The average Bonchev–Trinajstić information content (AvgIpc) is 2.48. The van der Waals surface area contributed by atoms with Gasteiger partial charge >= 0.3 is 0 Å². The fourth-order valence-corrected chi connectivity index (χ4v) is 1.61. The van der Waals surface area contributed by atoms with Crippen LogP contribution >= 0.6 is 27.5 Å².